The summed E-state index contributed by atoms with van der Waals surface area (Å²) in [4.78, 5) is 14.4. The van der Waals surface area contributed by atoms with Gasteiger partial charge in [0.1, 0.15) is 5.82 Å². The molecule has 0 N–H and O–H groups in total. The third-order valence-electron chi connectivity index (χ3n) is 11.9. The number of piperazine rings is 2. The van der Waals surface area contributed by atoms with E-state index in [0.717, 1.165) is 87.7 Å². The second-order valence-electron chi connectivity index (χ2n) is 15.8. The molecule has 1 aromatic heterocycles. The molecule has 2 saturated heterocycles. The van der Waals surface area contributed by atoms with Gasteiger partial charge in [-0.1, -0.05) is 97.1 Å². The maximum atomic E-state index is 11.6. The minimum Gasteiger partial charge on any atom is -0.331 e. The molecule has 3 heterocycles. The molecule has 2 aliphatic carbocycles. The zero-order valence-electron chi connectivity index (χ0n) is 33.6. The van der Waals surface area contributed by atoms with Crippen molar-refractivity contribution in [3.05, 3.63) is 160 Å². The van der Waals surface area contributed by atoms with E-state index in [1.807, 2.05) is 18.3 Å². The predicted molar refractivity (Wildman–Crippen MR) is 231 cm³/mol. The first kappa shape index (κ1) is 39.2. The summed E-state index contributed by atoms with van der Waals surface area (Å²) in [5.74, 6) is 1.05. The van der Waals surface area contributed by atoms with Crippen molar-refractivity contribution in [2.75, 3.05) is 79.3 Å². The monoisotopic (exact) mass is 782 g/mol. The maximum Gasteiger partial charge on any atom is 0.264 e. The Morgan fingerprint density at radius 1 is 0.614 bits per heavy atom. The van der Waals surface area contributed by atoms with Crippen molar-refractivity contribution in [1.82, 2.24) is 29.2 Å². The van der Waals surface area contributed by atoms with Crippen molar-refractivity contribution in [2.45, 2.75) is 25.6 Å². The molecular weight excluding hydrogens is 729 g/mol. The third-order valence-corrected chi connectivity index (χ3v) is 12.5. The highest BCUT2D eigenvalue weighted by Gasteiger charge is 2.32. The van der Waals surface area contributed by atoms with Gasteiger partial charge in [-0.3, -0.25) is 14.0 Å². The summed E-state index contributed by atoms with van der Waals surface area (Å²) in [6, 6.07) is 35.1. The van der Waals surface area contributed by atoms with E-state index in [0.29, 0.717) is 6.04 Å². The summed E-state index contributed by atoms with van der Waals surface area (Å²) in [5, 5.41) is 0. The van der Waals surface area contributed by atoms with Gasteiger partial charge in [0.15, 0.2) is 0 Å². The highest BCUT2D eigenvalue weighted by Crippen LogP contribution is 2.42. The normalized spacial score (nSPS) is 20.4. The Labute approximate surface area is 338 Å². The van der Waals surface area contributed by atoms with Gasteiger partial charge in [-0.25, -0.2) is 4.98 Å². The van der Waals surface area contributed by atoms with Gasteiger partial charge in [-0.15, -0.1) is 0 Å². The minimum absolute atomic E-state index is 0.0413. The molecule has 296 valence electrons. The Morgan fingerprint density at radius 2 is 1.05 bits per heavy atom. The average Bonchev–Trinajstić information content (AvgIpc) is 3.48. The second kappa shape index (κ2) is 17.0. The van der Waals surface area contributed by atoms with E-state index in [-0.39, 0.29) is 12.6 Å². The quantitative estimate of drug-likeness (QED) is 0.165. The molecule has 0 amide bonds. The summed E-state index contributed by atoms with van der Waals surface area (Å²) in [7, 11) is 0.871. The Kier molecular flexibility index (Phi) is 11.7. The van der Waals surface area contributed by atoms with E-state index < -0.39 is 10.1 Å². The van der Waals surface area contributed by atoms with Crippen LogP contribution in [0.5, 0.6) is 0 Å². The molecule has 9 nitrogen and oxygen atoms in total. The molecule has 0 bridgehead atoms. The van der Waals surface area contributed by atoms with Crippen molar-refractivity contribution >= 4 is 33.4 Å². The Balaban J connectivity index is 0.000000160. The van der Waals surface area contributed by atoms with Gasteiger partial charge < -0.3 is 14.4 Å². The lowest BCUT2D eigenvalue weighted by Gasteiger charge is -2.39. The van der Waals surface area contributed by atoms with Gasteiger partial charge in [0.05, 0.1) is 24.9 Å². The number of hydrogen-bond acceptors (Lipinski definition) is 8. The molecule has 10 heteroatoms. The lowest BCUT2D eigenvalue weighted by molar-refractivity contribution is 0.127. The van der Waals surface area contributed by atoms with Gasteiger partial charge >= 0.3 is 0 Å². The first-order chi connectivity index (χ1) is 27.6. The van der Waals surface area contributed by atoms with E-state index in [1.165, 1.54) is 39.0 Å². The molecule has 5 aromatic rings. The smallest absolute Gasteiger partial charge is 0.264 e. The van der Waals surface area contributed by atoms with Crippen LogP contribution in [0.3, 0.4) is 0 Å². The SMILES string of the molecule is CN1CCN(C2c3ccccc3C=C(COS(C)(=O)=O)c3ccccc32)CC1.Cc1nccn1CC1=Cc2ccccc2C(N2CCN(C)CC2)c2ccccc21. The lowest BCUT2D eigenvalue weighted by atomic mass is 9.91. The highest BCUT2D eigenvalue weighted by molar-refractivity contribution is 7.86. The van der Waals surface area contributed by atoms with E-state index in [4.69, 9.17) is 4.18 Å². The summed E-state index contributed by atoms with van der Waals surface area (Å²) in [6.07, 6.45) is 9.53. The Hall–Kier alpha value is -4.68. The van der Waals surface area contributed by atoms with Crippen LogP contribution in [-0.4, -0.2) is 117 Å². The minimum atomic E-state index is -3.51. The molecule has 2 fully saturated rings. The van der Waals surface area contributed by atoms with Crippen LogP contribution in [0.25, 0.3) is 23.3 Å². The number of nitrogens with zero attached hydrogens (tertiary/aromatic N) is 6. The largest absolute Gasteiger partial charge is 0.331 e. The van der Waals surface area contributed by atoms with Crippen molar-refractivity contribution < 1.29 is 12.6 Å². The first-order valence-electron chi connectivity index (χ1n) is 20.1. The topological polar surface area (TPSA) is 74.1 Å². The summed E-state index contributed by atoms with van der Waals surface area (Å²) in [5.41, 5.74) is 12.4. The highest BCUT2D eigenvalue weighted by atomic mass is 32.2. The number of imidazole rings is 1. The fourth-order valence-corrected chi connectivity index (χ4v) is 9.17. The molecular formula is C47H54N6O3S. The van der Waals surface area contributed by atoms with Gasteiger partial charge in [0, 0.05) is 71.3 Å². The molecule has 0 spiro atoms. The van der Waals surface area contributed by atoms with Crippen LogP contribution < -0.4 is 0 Å². The number of hydrogen-bond donors (Lipinski definition) is 0. The second-order valence-corrected chi connectivity index (χ2v) is 17.5. The number of benzene rings is 4. The summed E-state index contributed by atoms with van der Waals surface area (Å²) >= 11 is 0. The van der Waals surface area contributed by atoms with Gasteiger partial charge in [0.25, 0.3) is 10.1 Å². The fraction of sp³-hybridized carbons (Fsp3) is 0.340. The number of aromatic nitrogens is 2. The molecule has 9 rings (SSSR count). The van der Waals surface area contributed by atoms with E-state index >= 15 is 0 Å². The van der Waals surface area contributed by atoms with Crippen molar-refractivity contribution in [3.8, 4) is 0 Å². The molecule has 57 heavy (non-hydrogen) atoms. The van der Waals surface area contributed by atoms with E-state index in [1.54, 1.807) is 0 Å². The molecule has 0 radical (unpaired) electrons. The zero-order chi connectivity index (χ0) is 39.5. The van der Waals surface area contributed by atoms with Crippen LogP contribution in [0.2, 0.25) is 0 Å². The lowest BCUT2D eigenvalue weighted by Crippen LogP contribution is -2.46. The summed E-state index contributed by atoms with van der Waals surface area (Å²) in [6.45, 7) is 11.5. The molecule has 4 aliphatic rings. The van der Waals surface area contributed by atoms with Crippen LogP contribution in [-0.2, 0) is 20.8 Å². The molecule has 2 unspecified atom stereocenters. The standard InChI is InChI=1S/C25H28N4.C22H26N2O3S/c1-19-26-11-12-29(19)18-21-17-20-7-3-4-9-23(20)25(24-10-6-5-8-22(21)24)28-15-13-27(2)14-16-28;1-23-11-13-24(14-12-23)22-20-9-4-3-7-17(20)15-18(16-27-28(2,25)26)19-8-5-6-10-21(19)22/h3-12,17,25H,13-16,18H2,1-2H3;3-10,15,22H,11-14,16H2,1-2H3. The first-order valence-corrected chi connectivity index (χ1v) is 21.9. The van der Waals surface area contributed by atoms with Crippen LogP contribution in [0, 0.1) is 6.92 Å². The molecule has 2 atom stereocenters. The number of allylic oxidation sites excluding steroid dienone is 1. The molecule has 2 aliphatic heterocycles. The molecule has 0 saturated carbocycles. The van der Waals surface area contributed by atoms with Crippen LogP contribution >= 0.6 is 0 Å². The van der Waals surface area contributed by atoms with E-state index in [2.05, 4.69) is 153 Å². The van der Waals surface area contributed by atoms with Crippen LogP contribution in [0.15, 0.2) is 109 Å². The summed E-state index contributed by atoms with van der Waals surface area (Å²) < 4.78 is 30.6. The van der Waals surface area contributed by atoms with Gasteiger partial charge in [-0.05, 0) is 88.8 Å². The fourth-order valence-electron chi connectivity index (χ4n) is 8.83. The van der Waals surface area contributed by atoms with Crippen molar-refractivity contribution in [3.63, 3.8) is 0 Å². The van der Waals surface area contributed by atoms with E-state index in [9.17, 15) is 8.42 Å². The number of fused-ring (bicyclic) bond motifs is 4. The Bertz CT molecular complexity index is 2370. The maximum absolute atomic E-state index is 11.6. The molecule has 4 aromatic carbocycles. The van der Waals surface area contributed by atoms with Crippen molar-refractivity contribution in [2.24, 2.45) is 0 Å². The Morgan fingerprint density at radius 3 is 1.53 bits per heavy atom. The van der Waals surface area contributed by atoms with Crippen LogP contribution in [0.1, 0.15) is 62.4 Å². The number of likely N-dealkylation sites (N-methyl/N-ethyl adjacent to an activating group) is 2. The van der Waals surface area contributed by atoms with Gasteiger partial charge in [-0.2, -0.15) is 8.42 Å². The van der Waals surface area contributed by atoms with Gasteiger partial charge in [0.2, 0.25) is 0 Å². The van der Waals surface area contributed by atoms with Crippen molar-refractivity contribution in [1.29, 1.82) is 0 Å². The predicted octanol–water partition coefficient (Wildman–Crippen LogP) is 6.94. The number of rotatable bonds is 7. The average molecular weight is 783 g/mol. The third kappa shape index (κ3) is 8.77. The number of aryl methyl sites for hydroxylation is 1. The van der Waals surface area contributed by atoms with Crippen LogP contribution in [0.4, 0.5) is 0 Å². The zero-order valence-corrected chi connectivity index (χ0v) is 34.4.